The zero-order valence-corrected chi connectivity index (χ0v) is 9.97. The van der Waals surface area contributed by atoms with Crippen molar-refractivity contribution in [2.45, 2.75) is 38.8 Å². The van der Waals surface area contributed by atoms with Gasteiger partial charge in [-0.05, 0) is 34.2 Å². The molecular weight excluding hydrogens is 176 g/mol. The molecule has 1 saturated heterocycles. The van der Waals surface area contributed by atoms with E-state index in [-0.39, 0.29) is 5.54 Å². The Hall–Kier alpha value is -0.120. The third-order valence-electron chi connectivity index (χ3n) is 2.94. The summed E-state index contributed by atoms with van der Waals surface area (Å²) in [7, 11) is 2.18. The van der Waals surface area contributed by atoms with Crippen molar-refractivity contribution in [2.24, 2.45) is 0 Å². The molecular formula is C11H24N2O. The van der Waals surface area contributed by atoms with Crippen LogP contribution in [0.4, 0.5) is 0 Å². The summed E-state index contributed by atoms with van der Waals surface area (Å²) in [5.41, 5.74) is 0.266. The molecule has 0 aliphatic carbocycles. The molecule has 1 unspecified atom stereocenters. The first-order chi connectivity index (χ1) is 6.50. The Labute approximate surface area is 87.8 Å². The first-order valence-corrected chi connectivity index (χ1v) is 5.54. The largest absolute Gasteiger partial charge is 0.376 e. The molecule has 1 rings (SSSR count). The van der Waals surface area contributed by atoms with Crippen LogP contribution >= 0.6 is 0 Å². The summed E-state index contributed by atoms with van der Waals surface area (Å²) in [6.45, 7) is 10.7. The average molecular weight is 200 g/mol. The average Bonchev–Trinajstić information content (AvgIpc) is 2.14. The Balaban J connectivity index is 2.19. The van der Waals surface area contributed by atoms with Crippen LogP contribution in [0.1, 0.15) is 27.2 Å². The fraction of sp³-hybridized carbons (Fsp3) is 1.00. The highest BCUT2D eigenvalue weighted by molar-refractivity contribution is 4.75. The number of morpholine rings is 1. The minimum Gasteiger partial charge on any atom is -0.376 e. The van der Waals surface area contributed by atoms with Crippen molar-refractivity contribution >= 4 is 0 Å². The van der Waals surface area contributed by atoms with Crippen molar-refractivity contribution in [3.63, 3.8) is 0 Å². The van der Waals surface area contributed by atoms with Gasteiger partial charge in [-0.3, -0.25) is 0 Å². The van der Waals surface area contributed by atoms with Gasteiger partial charge in [0.15, 0.2) is 0 Å². The van der Waals surface area contributed by atoms with Crippen LogP contribution < -0.4 is 5.32 Å². The van der Waals surface area contributed by atoms with Gasteiger partial charge in [-0.15, -0.1) is 0 Å². The van der Waals surface area contributed by atoms with Crippen molar-refractivity contribution in [3.05, 3.63) is 0 Å². The lowest BCUT2D eigenvalue weighted by Gasteiger charge is -2.33. The molecule has 1 aliphatic rings. The van der Waals surface area contributed by atoms with Crippen molar-refractivity contribution in [2.75, 3.05) is 33.3 Å². The fourth-order valence-electron chi connectivity index (χ4n) is 1.48. The molecule has 1 N–H and O–H groups in total. The van der Waals surface area contributed by atoms with E-state index in [0.29, 0.717) is 6.10 Å². The van der Waals surface area contributed by atoms with Crippen LogP contribution in [0, 0.1) is 0 Å². The van der Waals surface area contributed by atoms with Crippen LogP contribution in [0.5, 0.6) is 0 Å². The molecule has 3 nitrogen and oxygen atoms in total. The van der Waals surface area contributed by atoms with Gasteiger partial charge in [-0.1, -0.05) is 0 Å². The molecule has 1 aliphatic heterocycles. The van der Waals surface area contributed by atoms with Crippen LogP contribution in [-0.4, -0.2) is 49.8 Å². The van der Waals surface area contributed by atoms with E-state index in [1.165, 1.54) is 0 Å². The highest BCUT2D eigenvalue weighted by Crippen LogP contribution is 2.12. The quantitative estimate of drug-likeness (QED) is 0.738. The summed E-state index contributed by atoms with van der Waals surface area (Å²) >= 11 is 0. The maximum Gasteiger partial charge on any atom is 0.0712 e. The van der Waals surface area contributed by atoms with E-state index >= 15 is 0 Å². The summed E-state index contributed by atoms with van der Waals surface area (Å²) in [6, 6.07) is 0. The molecule has 0 amide bonds. The normalized spacial score (nSPS) is 24.2. The highest BCUT2D eigenvalue weighted by Gasteiger charge is 2.19. The molecule has 0 aromatic carbocycles. The van der Waals surface area contributed by atoms with Gasteiger partial charge in [0.1, 0.15) is 0 Å². The Kier molecular flexibility index (Phi) is 4.35. The summed E-state index contributed by atoms with van der Waals surface area (Å²) in [6.07, 6.45) is 1.54. The van der Waals surface area contributed by atoms with Crippen molar-refractivity contribution in [1.82, 2.24) is 10.2 Å². The zero-order chi connectivity index (χ0) is 10.6. The van der Waals surface area contributed by atoms with Crippen LogP contribution in [0.25, 0.3) is 0 Å². The minimum atomic E-state index is 0.266. The number of nitrogens with one attached hydrogen (secondary N) is 1. The first-order valence-electron chi connectivity index (χ1n) is 5.54. The van der Waals surface area contributed by atoms with E-state index in [0.717, 1.165) is 32.7 Å². The van der Waals surface area contributed by atoms with E-state index in [2.05, 4.69) is 38.0 Å². The monoisotopic (exact) mass is 200 g/mol. The van der Waals surface area contributed by atoms with Gasteiger partial charge in [0.05, 0.1) is 12.7 Å². The van der Waals surface area contributed by atoms with Gasteiger partial charge in [0, 0.05) is 25.2 Å². The molecule has 3 heteroatoms. The molecule has 0 bridgehead atoms. The molecule has 0 saturated carbocycles. The predicted octanol–water partition coefficient (Wildman–Crippen LogP) is 1.10. The van der Waals surface area contributed by atoms with Gasteiger partial charge in [0.25, 0.3) is 0 Å². The number of rotatable bonds is 3. The standard InChI is InChI=1S/C11H24N2O/c1-11(2,3)13(4)7-5-10-9-12-6-8-14-10/h10,12H,5-9H2,1-4H3. The molecule has 14 heavy (non-hydrogen) atoms. The predicted molar refractivity (Wildman–Crippen MR) is 59.6 cm³/mol. The fourth-order valence-corrected chi connectivity index (χ4v) is 1.48. The van der Waals surface area contributed by atoms with E-state index in [1.807, 2.05) is 0 Å². The molecule has 84 valence electrons. The molecule has 1 heterocycles. The summed E-state index contributed by atoms with van der Waals surface area (Å²) in [5, 5.41) is 3.35. The van der Waals surface area contributed by atoms with Gasteiger partial charge >= 0.3 is 0 Å². The van der Waals surface area contributed by atoms with E-state index in [9.17, 15) is 0 Å². The SMILES string of the molecule is CN(CCC1CNCCO1)C(C)(C)C. The molecule has 0 aromatic rings. The van der Waals surface area contributed by atoms with Crippen LogP contribution in [0.3, 0.4) is 0 Å². The Bertz CT molecular complexity index is 159. The summed E-state index contributed by atoms with van der Waals surface area (Å²) in [4.78, 5) is 2.38. The minimum absolute atomic E-state index is 0.266. The highest BCUT2D eigenvalue weighted by atomic mass is 16.5. The van der Waals surface area contributed by atoms with Gasteiger partial charge in [-0.25, -0.2) is 0 Å². The second-order valence-electron chi connectivity index (χ2n) is 5.08. The third kappa shape index (κ3) is 3.95. The van der Waals surface area contributed by atoms with Gasteiger partial charge < -0.3 is 15.0 Å². The molecule has 0 radical (unpaired) electrons. The lowest BCUT2D eigenvalue weighted by molar-refractivity contribution is 0.0135. The molecule has 0 aromatic heterocycles. The maximum atomic E-state index is 5.65. The summed E-state index contributed by atoms with van der Waals surface area (Å²) in [5.74, 6) is 0. The number of hydrogen-bond acceptors (Lipinski definition) is 3. The van der Waals surface area contributed by atoms with E-state index in [4.69, 9.17) is 4.74 Å². The Morgan fingerprint density at radius 3 is 2.64 bits per heavy atom. The number of ether oxygens (including phenoxy) is 1. The Morgan fingerprint density at radius 1 is 1.43 bits per heavy atom. The lowest BCUT2D eigenvalue weighted by Crippen LogP contribution is -2.43. The smallest absolute Gasteiger partial charge is 0.0712 e. The van der Waals surface area contributed by atoms with E-state index < -0.39 is 0 Å². The summed E-state index contributed by atoms with van der Waals surface area (Å²) < 4.78 is 5.65. The zero-order valence-electron chi connectivity index (χ0n) is 9.97. The first kappa shape index (κ1) is 12.0. The second-order valence-corrected chi connectivity index (χ2v) is 5.08. The van der Waals surface area contributed by atoms with E-state index in [1.54, 1.807) is 0 Å². The van der Waals surface area contributed by atoms with Gasteiger partial charge in [-0.2, -0.15) is 0 Å². The Morgan fingerprint density at radius 2 is 2.14 bits per heavy atom. The van der Waals surface area contributed by atoms with Crippen LogP contribution in [0.15, 0.2) is 0 Å². The third-order valence-corrected chi connectivity index (χ3v) is 2.94. The van der Waals surface area contributed by atoms with Crippen molar-refractivity contribution in [3.8, 4) is 0 Å². The van der Waals surface area contributed by atoms with Crippen LogP contribution in [0.2, 0.25) is 0 Å². The number of hydrogen-bond donors (Lipinski definition) is 1. The van der Waals surface area contributed by atoms with Gasteiger partial charge in [0.2, 0.25) is 0 Å². The number of nitrogens with zero attached hydrogens (tertiary/aromatic N) is 1. The van der Waals surface area contributed by atoms with Crippen molar-refractivity contribution < 1.29 is 4.74 Å². The maximum absolute atomic E-state index is 5.65. The lowest BCUT2D eigenvalue weighted by atomic mass is 10.1. The van der Waals surface area contributed by atoms with Crippen LogP contribution in [-0.2, 0) is 4.74 Å². The molecule has 1 atom stereocenters. The molecule has 1 fully saturated rings. The van der Waals surface area contributed by atoms with Crippen molar-refractivity contribution in [1.29, 1.82) is 0 Å². The topological polar surface area (TPSA) is 24.5 Å². The second kappa shape index (κ2) is 5.10. The molecule has 0 spiro atoms.